The van der Waals surface area contributed by atoms with E-state index < -0.39 is 0 Å². The molecule has 0 aliphatic carbocycles. The lowest BCUT2D eigenvalue weighted by atomic mass is 10.1. The first-order valence-electron chi connectivity index (χ1n) is 6.69. The Bertz CT molecular complexity index is 907. The number of hydrogen-bond acceptors (Lipinski definition) is 0. The molecule has 4 aromatic rings. The van der Waals surface area contributed by atoms with Crippen LogP contribution in [-0.4, -0.2) is 4.57 Å². The summed E-state index contributed by atoms with van der Waals surface area (Å²) in [6.07, 6.45) is 0. The Morgan fingerprint density at radius 3 is 2.20 bits per heavy atom. The van der Waals surface area contributed by atoms with Crippen LogP contribution in [0.15, 0.2) is 72.8 Å². The number of fused-ring (bicyclic) bond motifs is 3. The Kier molecular flexibility index (Phi) is 2.61. The van der Waals surface area contributed by atoms with Gasteiger partial charge in [0, 0.05) is 16.5 Å². The Labute approximate surface area is 120 Å². The molecule has 0 saturated heterocycles. The molecule has 0 N–H and O–H groups in total. The molecule has 1 unspecified atom stereocenters. The molecular formula is C18H14NP. The third kappa shape index (κ3) is 1.60. The molecular weight excluding hydrogens is 261 g/mol. The van der Waals surface area contributed by atoms with Crippen LogP contribution in [0.5, 0.6) is 0 Å². The maximum absolute atomic E-state index is 2.86. The average Bonchev–Trinajstić information content (AvgIpc) is 2.84. The van der Waals surface area contributed by atoms with Crippen LogP contribution in [-0.2, 0) is 0 Å². The van der Waals surface area contributed by atoms with E-state index in [2.05, 4.69) is 86.6 Å². The van der Waals surface area contributed by atoms with Crippen molar-refractivity contribution in [2.75, 3.05) is 0 Å². The molecule has 0 radical (unpaired) electrons. The van der Waals surface area contributed by atoms with Crippen molar-refractivity contribution in [2.24, 2.45) is 0 Å². The summed E-state index contributed by atoms with van der Waals surface area (Å²) in [5, 5.41) is 3.83. The van der Waals surface area contributed by atoms with Gasteiger partial charge in [-0.3, -0.25) is 0 Å². The van der Waals surface area contributed by atoms with E-state index in [9.17, 15) is 0 Å². The van der Waals surface area contributed by atoms with E-state index in [0.29, 0.717) is 0 Å². The highest BCUT2D eigenvalue weighted by molar-refractivity contribution is 7.28. The number of rotatable bonds is 1. The van der Waals surface area contributed by atoms with E-state index >= 15 is 0 Å². The van der Waals surface area contributed by atoms with E-state index in [1.807, 2.05) is 0 Å². The largest absolute Gasteiger partial charge is 0.309 e. The van der Waals surface area contributed by atoms with Crippen LogP contribution in [0.1, 0.15) is 0 Å². The lowest BCUT2D eigenvalue weighted by Gasteiger charge is -2.08. The standard InChI is InChI=1S/C18H14NP/c20-17-12-6-10-15-14-9-4-5-11-16(14)19(18(15)17)13-7-2-1-3-8-13/h1-12H,20H2. The Hall–Kier alpha value is -2.11. The highest BCUT2D eigenvalue weighted by atomic mass is 31.0. The summed E-state index contributed by atoms with van der Waals surface area (Å²) < 4.78 is 2.34. The Morgan fingerprint density at radius 1 is 0.650 bits per heavy atom. The maximum Gasteiger partial charge on any atom is 0.0612 e. The fourth-order valence-electron chi connectivity index (χ4n) is 2.89. The first-order chi connectivity index (χ1) is 9.86. The van der Waals surface area contributed by atoms with Gasteiger partial charge < -0.3 is 4.57 Å². The predicted molar refractivity (Wildman–Crippen MR) is 90.1 cm³/mol. The minimum Gasteiger partial charge on any atom is -0.309 e. The molecule has 4 rings (SSSR count). The van der Waals surface area contributed by atoms with Crippen molar-refractivity contribution in [1.29, 1.82) is 0 Å². The lowest BCUT2D eigenvalue weighted by molar-refractivity contribution is 1.18. The molecule has 1 atom stereocenters. The van der Waals surface area contributed by atoms with Gasteiger partial charge in [0.05, 0.1) is 11.0 Å². The van der Waals surface area contributed by atoms with Gasteiger partial charge >= 0.3 is 0 Å². The third-order valence-electron chi connectivity index (χ3n) is 3.74. The SMILES string of the molecule is Pc1cccc2c3ccccc3n(-c3ccccc3)c12. The smallest absolute Gasteiger partial charge is 0.0612 e. The van der Waals surface area contributed by atoms with Crippen molar-refractivity contribution in [3.05, 3.63) is 72.8 Å². The second-order valence-corrected chi connectivity index (χ2v) is 5.55. The minimum absolute atomic E-state index is 1.20. The summed E-state index contributed by atoms with van der Waals surface area (Å²) in [5.74, 6) is 0. The molecule has 1 nitrogen and oxygen atoms in total. The van der Waals surface area contributed by atoms with Gasteiger partial charge in [0.2, 0.25) is 0 Å². The Balaban J connectivity index is 2.27. The van der Waals surface area contributed by atoms with Crippen molar-refractivity contribution in [2.45, 2.75) is 0 Å². The summed E-state index contributed by atoms with van der Waals surface area (Å²) >= 11 is 0. The Morgan fingerprint density at radius 2 is 1.35 bits per heavy atom. The molecule has 0 spiro atoms. The van der Waals surface area contributed by atoms with Crippen LogP contribution < -0.4 is 5.30 Å². The first kappa shape index (κ1) is 11.7. The second kappa shape index (κ2) is 4.47. The lowest BCUT2D eigenvalue weighted by Crippen LogP contribution is -2.00. The molecule has 0 aliphatic heterocycles. The minimum atomic E-state index is 1.20. The van der Waals surface area contributed by atoms with E-state index in [0.717, 1.165) is 0 Å². The van der Waals surface area contributed by atoms with Gasteiger partial charge in [-0.2, -0.15) is 0 Å². The number of aromatic nitrogens is 1. The summed E-state index contributed by atoms with van der Waals surface area (Å²) in [4.78, 5) is 0. The predicted octanol–water partition coefficient (Wildman–Crippen LogP) is 4.28. The third-order valence-corrected chi connectivity index (χ3v) is 4.21. The zero-order valence-corrected chi connectivity index (χ0v) is 12.1. The monoisotopic (exact) mass is 275 g/mol. The summed E-state index contributed by atoms with van der Waals surface area (Å²) in [5.41, 5.74) is 3.72. The van der Waals surface area contributed by atoms with Gasteiger partial charge in [-0.05, 0) is 23.5 Å². The van der Waals surface area contributed by atoms with Gasteiger partial charge in [0.15, 0.2) is 0 Å². The number of nitrogens with zero attached hydrogens (tertiary/aromatic N) is 1. The van der Waals surface area contributed by atoms with Crippen LogP contribution in [0.25, 0.3) is 27.5 Å². The number of benzene rings is 3. The summed E-state index contributed by atoms with van der Waals surface area (Å²) in [7, 11) is 2.86. The van der Waals surface area contributed by atoms with Gasteiger partial charge in [0.1, 0.15) is 0 Å². The van der Waals surface area contributed by atoms with Crippen LogP contribution in [0.4, 0.5) is 0 Å². The fraction of sp³-hybridized carbons (Fsp3) is 0. The van der Waals surface area contributed by atoms with Gasteiger partial charge in [-0.25, -0.2) is 0 Å². The van der Waals surface area contributed by atoms with Crippen LogP contribution in [0.2, 0.25) is 0 Å². The van der Waals surface area contributed by atoms with Gasteiger partial charge in [0.25, 0.3) is 0 Å². The summed E-state index contributed by atoms with van der Waals surface area (Å²) in [6.45, 7) is 0. The average molecular weight is 275 g/mol. The second-order valence-electron chi connectivity index (χ2n) is 4.93. The van der Waals surface area contributed by atoms with Crippen LogP contribution in [0, 0.1) is 0 Å². The molecule has 0 aliphatic rings. The topological polar surface area (TPSA) is 4.93 Å². The van der Waals surface area contributed by atoms with E-state index in [-0.39, 0.29) is 0 Å². The summed E-state index contributed by atoms with van der Waals surface area (Å²) in [6, 6.07) is 25.6. The molecule has 0 fully saturated rings. The van der Waals surface area contributed by atoms with Crippen molar-refractivity contribution in [1.82, 2.24) is 4.57 Å². The van der Waals surface area contributed by atoms with Gasteiger partial charge in [-0.1, -0.05) is 54.6 Å². The quantitative estimate of drug-likeness (QED) is 0.457. The van der Waals surface area contributed by atoms with Crippen molar-refractivity contribution < 1.29 is 0 Å². The van der Waals surface area contributed by atoms with Crippen LogP contribution in [0.3, 0.4) is 0 Å². The molecule has 96 valence electrons. The molecule has 0 bridgehead atoms. The molecule has 3 aromatic carbocycles. The maximum atomic E-state index is 2.86. The highest BCUT2D eigenvalue weighted by Crippen LogP contribution is 2.31. The van der Waals surface area contributed by atoms with E-state index in [1.54, 1.807) is 0 Å². The molecule has 0 amide bonds. The molecule has 20 heavy (non-hydrogen) atoms. The first-order valence-corrected chi connectivity index (χ1v) is 7.27. The molecule has 0 saturated carbocycles. The molecule has 1 heterocycles. The van der Waals surface area contributed by atoms with Crippen molar-refractivity contribution >= 4 is 36.4 Å². The van der Waals surface area contributed by atoms with Gasteiger partial charge in [-0.15, -0.1) is 9.24 Å². The van der Waals surface area contributed by atoms with E-state index in [4.69, 9.17) is 0 Å². The van der Waals surface area contributed by atoms with Crippen LogP contribution >= 0.6 is 9.24 Å². The fourth-order valence-corrected chi connectivity index (χ4v) is 3.29. The zero-order valence-electron chi connectivity index (χ0n) is 11.0. The van der Waals surface area contributed by atoms with E-state index in [1.165, 1.54) is 32.8 Å². The zero-order chi connectivity index (χ0) is 13.5. The number of hydrogen-bond donors (Lipinski definition) is 0. The van der Waals surface area contributed by atoms with Crippen molar-refractivity contribution in [3.63, 3.8) is 0 Å². The normalized spacial score (nSPS) is 11.2. The number of para-hydroxylation sites is 3. The molecule has 1 aromatic heterocycles. The van der Waals surface area contributed by atoms with Crippen molar-refractivity contribution in [3.8, 4) is 5.69 Å². The molecule has 2 heteroatoms. The highest BCUT2D eigenvalue weighted by Gasteiger charge is 2.12.